The van der Waals surface area contributed by atoms with E-state index in [2.05, 4.69) is 64.1 Å². The van der Waals surface area contributed by atoms with Gasteiger partial charge in [-0.05, 0) is 44.4 Å². The molecule has 0 N–H and O–H groups in total. The van der Waals surface area contributed by atoms with Gasteiger partial charge in [-0.3, -0.25) is 0 Å². The minimum absolute atomic E-state index is 1.32. The highest BCUT2D eigenvalue weighted by Crippen LogP contribution is 2.26. The summed E-state index contributed by atoms with van der Waals surface area (Å²) in [4.78, 5) is 0. The van der Waals surface area contributed by atoms with Gasteiger partial charge in [0.25, 0.3) is 0 Å². The summed E-state index contributed by atoms with van der Waals surface area (Å²) >= 11 is 0. The molecule has 0 aromatic heterocycles. The summed E-state index contributed by atoms with van der Waals surface area (Å²) in [6.07, 6.45) is 0. The Kier molecular flexibility index (Phi) is 2.82. The van der Waals surface area contributed by atoms with E-state index in [0.29, 0.717) is 0 Å². The second-order valence-corrected chi connectivity index (χ2v) is 4.69. The van der Waals surface area contributed by atoms with E-state index in [1.165, 1.54) is 33.4 Å². The van der Waals surface area contributed by atoms with Crippen molar-refractivity contribution in [1.29, 1.82) is 0 Å². The average molecular weight is 210 g/mol. The highest BCUT2D eigenvalue weighted by atomic mass is 14.1. The standard InChI is InChI=1S/C16H18/c1-11-5-6-14(4)16(10-11)15-8-12(2)7-13(3)9-15/h5-10H,1-4H3. The number of aryl methyl sites for hydroxylation is 4. The third kappa shape index (κ3) is 2.16. The predicted molar refractivity (Wildman–Crippen MR) is 70.8 cm³/mol. The van der Waals surface area contributed by atoms with Gasteiger partial charge in [-0.2, -0.15) is 0 Å². The fourth-order valence-corrected chi connectivity index (χ4v) is 2.18. The third-order valence-electron chi connectivity index (χ3n) is 2.93. The molecule has 2 rings (SSSR count). The summed E-state index contributed by atoms with van der Waals surface area (Å²) in [6.45, 7) is 8.63. The van der Waals surface area contributed by atoms with E-state index in [1.54, 1.807) is 0 Å². The maximum atomic E-state index is 2.27. The van der Waals surface area contributed by atoms with Crippen molar-refractivity contribution in [2.45, 2.75) is 27.7 Å². The Labute approximate surface area is 97.9 Å². The molecule has 82 valence electrons. The topological polar surface area (TPSA) is 0 Å². The Morgan fingerprint density at radius 2 is 1.25 bits per heavy atom. The Hall–Kier alpha value is -1.56. The largest absolute Gasteiger partial charge is 0.0590 e. The van der Waals surface area contributed by atoms with Crippen molar-refractivity contribution in [3.8, 4) is 11.1 Å². The Bertz CT molecular complexity index is 501. The van der Waals surface area contributed by atoms with Crippen LogP contribution in [0.3, 0.4) is 0 Å². The molecule has 0 saturated heterocycles. The molecule has 16 heavy (non-hydrogen) atoms. The maximum absolute atomic E-state index is 2.27. The normalized spacial score (nSPS) is 10.5. The minimum Gasteiger partial charge on any atom is -0.0590 e. The van der Waals surface area contributed by atoms with Crippen LogP contribution in [0.15, 0.2) is 36.4 Å². The smallest absolute Gasteiger partial charge is 0.0152 e. The summed E-state index contributed by atoms with van der Waals surface area (Å²) in [7, 11) is 0. The molecule has 0 aliphatic rings. The van der Waals surface area contributed by atoms with E-state index in [0.717, 1.165) is 0 Å². The zero-order valence-electron chi connectivity index (χ0n) is 10.5. The molecule has 0 nitrogen and oxygen atoms in total. The first kappa shape index (κ1) is 10.9. The Balaban J connectivity index is 2.62. The van der Waals surface area contributed by atoms with Gasteiger partial charge in [0, 0.05) is 0 Å². The molecule has 0 amide bonds. The fraction of sp³-hybridized carbons (Fsp3) is 0.250. The number of hydrogen-bond donors (Lipinski definition) is 0. The summed E-state index contributed by atoms with van der Waals surface area (Å²) in [6, 6.07) is 13.4. The molecule has 0 heterocycles. The van der Waals surface area contributed by atoms with Gasteiger partial charge in [0.2, 0.25) is 0 Å². The van der Waals surface area contributed by atoms with Gasteiger partial charge in [0.15, 0.2) is 0 Å². The lowest BCUT2D eigenvalue weighted by atomic mass is 9.96. The van der Waals surface area contributed by atoms with Gasteiger partial charge < -0.3 is 0 Å². The van der Waals surface area contributed by atoms with Crippen LogP contribution in [0, 0.1) is 27.7 Å². The third-order valence-corrected chi connectivity index (χ3v) is 2.93. The molecular weight excluding hydrogens is 192 g/mol. The van der Waals surface area contributed by atoms with Crippen LogP contribution in [-0.2, 0) is 0 Å². The quantitative estimate of drug-likeness (QED) is 0.646. The number of hydrogen-bond acceptors (Lipinski definition) is 0. The van der Waals surface area contributed by atoms with Gasteiger partial charge in [0.1, 0.15) is 0 Å². The molecule has 0 heteroatoms. The molecule has 0 unspecified atom stereocenters. The van der Waals surface area contributed by atoms with Crippen molar-refractivity contribution < 1.29 is 0 Å². The second kappa shape index (κ2) is 4.13. The van der Waals surface area contributed by atoms with Crippen LogP contribution in [-0.4, -0.2) is 0 Å². The monoisotopic (exact) mass is 210 g/mol. The molecule has 0 aliphatic heterocycles. The first-order valence-electron chi connectivity index (χ1n) is 5.72. The minimum atomic E-state index is 1.32. The molecule has 0 saturated carbocycles. The van der Waals surface area contributed by atoms with Gasteiger partial charge in [-0.1, -0.05) is 53.1 Å². The summed E-state index contributed by atoms with van der Waals surface area (Å²) < 4.78 is 0. The summed E-state index contributed by atoms with van der Waals surface area (Å²) in [5, 5.41) is 0. The maximum Gasteiger partial charge on any atom is -0.0152 e. The van der Waals surface area contributed by atoms with Crippen LogP contribution in [0.1, 0.15) is 22.3 Å². The lowest BCUT2D eigenvalue weighted by Crippen LogP contribution is -1.87. The van der Waals surface area contributed by atoms with Gasteiger partial charge in [-0.25, -0.2) is 0 Å². The molecular formula is C16H18. The lowest BCUT2D eigenvalue weighted by Gasteiger charge is -2.09. The SMILES string of the molecule is Cc1cc(C)cc(-c2cc(C)ccc2C)c1. The van der Waals surface area contributed by atoms with Gasteiger partial charge in [0.05, 0.1) is 0 Å². The Morgan fingerprint density at radius 3 is 1.88 bits per heavy atom. The second-order valence-electron chi connectivity index (χ2n) is 4.69. The number of benzene rings is 2. The van der Waals surface area contributed by atoms with Gasteiger partial charge >= 0.3 is 0 Å². The van der Waals surface area contributed by atoms with Crippen LogP contribution >= 0.6 is 0 Å². The fourth-order valence-electron chi connectivity index (χ4n) is 2.18. The van der Waals surface area contributed by atoms with Crippen LogP contribution < -0.4 is 0 Å². The van der Waals surface area contributed by atoms with Crippen molar-refractivity contribution >= 4 is 0 Å². The zero-order chi connectivity index (χ0) is 11.7. The first-order chi connectivity index (χ1) is 7.56. The molecule has 0 aliphatic carbocycles. The number of rotatable bonds is 1. The highest BCUT2D eigenvalue weighted by molar-refractivity contribution is 5.69. The Morgan fingerprint density at radius 1 is 0.625 bits per heavy atom. The van der Waals surface area contributed by atoms with Crippen molar-refractivity contribution in [3.63, 3.8) is 0 Å². The van der Waals surface area contributed by atoms with Crippen LogP contribution in [0.25, 0.3) is 11.1 Å². The van der Waals surface area contributed by atoms with E-state index < -0.39 is 0 Å². The molecule has 0 spiro atoms. The molecule has 0 radical (unpaired) electrons. The van der Waals surface area contributed by atoms with Crippen molar-refractivity contribution in [2.75, 3.05) is 0 Å². The lowest BCUT2D eigenvalue weighted by molar-refractivity contribution is 1.35. The van der Waals surface area contributed by atoms with Crippen molar-refractivity contribution in [3.05, 3.63) is 58.7 Å². The highest BCUT2D eigenvalue weighted by Gasteiger charge is 2.03. The van der Waals surface area contributed by atoms with Crippen LogP contribution in [0.4, 0.5) is 0 Å². The van der Waals surface area contributed by atoms with E-state index >= 15 is 0 Å². The first-order valence-corrected chi connectivity index (χ1v) is 5.72. The van der Waals surface area contributed by atoms with E-state index in [-0.39, 0.29) is 0 Å². The van der Waals surface area contributed by atoms with Crippen molar-refractivity contribution in [2.24, 2.45) is 0 Å². The predicted octanol–water partition coefficient (Wildman–Crippen LogP) is 4.59. The van der Waals surface area contributed by atoms with Crippen LogP contribution in [0.5, 0.6) is 0 Å². The molecule has 2 aromatic carbocycles. The summed E-state index contributed by atoms with van der Waals surface area (Å²) in [5.41, 5.74) is 8.01. The molecule has 2 aromatic rings. The van der Waals surface area contributed by atoms with Gasteiger partial charge in [-0.15, -0.1) is 0 Å². The average Bonchev–Trinajstić information content (AvgIpc) is 2.20. The summed E-state index contributed by atoms with van der Waals surface area (Å²) in [5.74, 6) is 0. The van der Waals surface area contributed by atoms with Crippen molar-refractivity contribution in [1.82, 2.24) is 0 Å². The van der Waals surface area contributed by atoms with Crippen LogP contribution in [0.2, 0.25) is 0 Å². The molecule has 0 bridgehead atoms. The van der Waals surface area contributed by atoms with E-state index in [1.807, 2.05) is 0 Å². The molecule has 0 atom stereocenters. The van der Waals surface area contributed by atoms with E-state index in [9.17, 15) is 0 Å². The van der Waals surface area contributed by atoms with E-state index in [4.69, 9.17) is 0 Å². The molecule has 0 fully saturated rings. The zero-order valence-corrected chi connectivity index (χ0v) is 10.5.